The number of carboxylic acids is 1. The number of hydrogen-bond donors (Lipinski definition) is 1. The van der Waals surface area contributed by atoms with Gasteiger partial charge in [0.05, 0.1) is 12.5 Å². The highest BCUT2D eigenvalue weighted by Gasteiger charge is 2.46. The number of nitrogens with zero attached hydrogens (tertiary/aromatic N) is 3. The number of carbonyl (C=O) groups is 2. The van der Waals surface area contributed by atoms with E-state index in [-0.39, 0.29) is 11.8 Å². The minimum Gasteiger partial charge on any atom is -0.481 e. The largest absolute Gasteiger partial charge is 0.481 e. The molecule has 1 aliphatic carbocycles. The van der Waals surface area contributed by atoms with Gasteiger partial charge in [-0.15, -0.1) is 0 Å². The Morgan fingerprint density at radius 1 is 1.16 bits per heavy atom. The minimum absolute atomic E-state index is 0.0694. The van der Waals surface area contributed by atoms with Gasteiger partial charge in [0.1, 0.15) is 0 Å². The van der Waals surface area contributed by atoms with E-state index in [0.717, 1.165) is 18.4 Å². The second-order valence-corrected chi connectivity index (χ2v) is 7.06. The predicted molar refractivity (Wildman–Crippen MR) is 91.0 cm³/mol. The van der Waals surface area contributed by atoms with Crippen LogP contribution in [0.1, 0.15) is 28.8 Å². The van der Waals surface area contributed by atoms with E-state index in [2.05, 4.69) is 5.10 Å². The van der Waals surface area contributed by atoms with E-state index in [0.29, 0.717) is 31.1 Å². The highest BCUT2D eigenvalue weighted by atomic mass is 16.4. The summed E-state index contributed by atoms with van der Waals surface area (Å²) in [7, 11) is 0. The summed E-state index contributed by atoms with van der Waals surface area (Å²) in [6.45, 7) is 1.55. The third-order valence-electron chi connectivity index (χ3n) is 5.30. The molecule has 2 heterocycles. The summed E-state index contributed by atoms with van der Waals surface area (Å²) in [6, 6.07) is 9.37. The zero-order valence-corrected chi connectivity index (χ0v) is 13.9. The fraction of sp³-hybridized carbons (Fsp3) is 0.421. The second kappa shape index (κ2) is 6.35. The summed E-state index contributed by atoms with van der Waals surface area (Å²) in [5, 5.41) is 13.6. The molecule has 2 fully saturated rings. The highest BCUT2D eigenvalue weighted by Crippen LogP contribution is 2.44. The summed E-state index contributed by atoms with van der Waals surface area (Å²) < 4.78 is 1.83. The summed E-state index contributed by atoms with van der Waals surface area (Å²) in [6.07, 6.45) is 5.82. The van der Waals surface area contributed by atoms with Crippen molar-refractivity contribution in [2.75, 3.05) is 13.1 Å². The number of likely N-dealkylation sites (tertiary alicyclic amines) is 1. The van der Waals surface area contributed by atoms with E-state index in [1.54, 1.807) is 11.1 Å². The number of amides is 1. The molecule has 1 aromatic heterocycles. The minimum atomic E-state index is -0.776. The van der Waals surface area contributed by atoms with Gasteiger partial charge in [-0.05, 0) is 48.4 Å². The van der Waals surface area contributed by atoms with Gasteiger partial charge in [0.25, 0.3) is 5.91 Å². The predicted octanol–water partition coefficient (Wildman–Crippen LogP) is 2.11. The molecule has 4 rings (SSSR count). The third kappa shape index (κ3) is 3.29. The van der Waals surface area contributed by atoms with Gasteiger partial charge in [-0.25, -0.2) is 0 Å². The van der Waals surface area contributed by atoms with Crippen LogP contribution in [0.4, 0.5) is 0 Å². The molecule has 1 aromatic carbocycles. The van der Waals surface area contributed by atoms with Crippen molar-refractivity contribution in [3.05, 3.63) is 53.9 Å². The van der Waals surface area contributed by atoms with Crippen molar-refractivity contribution in [3.8, 4) is 0 Å². The Balaban J connectivity index is 1.44. The molecule has 1 saturated heterocycles. The Bertz CT molecular complexity index is 766. The number of rotatable bonds is 5. The van der Waals surface area contributed by atoms with Crippen LogP contribution >= 0.6 is 0 Å². The standard InChI is InChI=1S/C19H21N3O3/c23-18(21-11-16(14-6-7-14)17(12-21)19(24)25)15-4-2-13(3-5-15)10-22-9-1-8-20-22/h1-5,8-9,14,16-17H,6-7,10-12H2,(H,24,25)/t16-,17+/m1/s1. The van der Waals surface area contributed by atoms with Gasteiger partial charge in [-0.1, -0.05) is 12.1 Å². The van der Waals surface area contributed by atoms with Crippen molar-refractivity contribution in [2.45, 2.75) is 19.4 Å². The van der Waals surface area contributed by atoms with Gasteiger partial charge in [-0.3, -0.25) is 14.3 Å². The van der Waals surface area contributed by atoms with Crippen LogP contribution in [-0.4, -0.2) is 44.8 Å². The molecule has 6 heteroatoms. The van der Waals surface area contributed by atoms with Crippen LogP contribution in [-0.2, 0) is 11.3 Å². The Hall–Kier alpha value is -2.63. The van der Waals surface area contributed by atoms with Crippen LogP contribution in [0, 0.1) is 17.8 Å². The van der Waals surface area contributed by atoms with Gasteiger partial charge < -0.3 is 10.0 Å². The fourth-order valence-electron chi connectivity index (χ4n) is 3.77. The Morgan fingerprint density at radius 3 is 2.52 bits per heavy atom. The second-order valence-electron chi connectivity index (χ2n) is 7.06. The monoisotopic (exact) mass is 339 g/mol. The van der Waals surface area contributed by atoms with Gasteiger partial charge in [-0.2, -0.15) is 5.10 Å². The lowest BCUT2D eigenvalue weighted by Gasteiger charge is -2.16. The molecule has 0 spiro atoms. The molecule has 1 N–H and O–H groups in total. The first-order valence-corrected chi connectivity index (χ1v) is 8.70. The van der Waals surface area contributed by atoms with Crippen molar-refractivity contribution in [1.29, 1.82) is 0 Å². The molecule has 1 aliphatic heterocycles. The fourth-order valence-corrected chi connectivity index (χ4v) is 3.77. The van der Waals surface area contributed by atoms with Crippen molar-refractivity contribution < 1.29 is 14.7 Å². The van der Waals surface area contributed by atoms with Gasteiger partial charge in [0.15, 0.2) is 0 Å². The molecule has 6 nitrogen and oxygen atoms in total. The summed E-state index contributed by atoms with van der Waals surface area (Å²) in [5.74, 6) is -0.673. The Labute approximate surface area is 146 Å². The topological polar surface area (TPSA) is 75.4 Å². The lowest BCUT2D eigenvalue weighted by molar-refractivity contribution is -0.142. The average Bonchev–Trinajstić information content (AvgIpc) is 3.15. The van der Waals surface area contributed by atoms with Crippen molar-refractivity contribution in [1.82, 2.24) is 14.7 Å². The number of benzene rings is 1. The van der Waals surface area contributed by atoms with E-state index in [4.69, 9.17) is 0 Å². The lowest BCUT2D eigenvalue weighted by atomic mass is 9.92. The van der Waals surface area contributed by atoms with Gasteiger partial charge in [0, 0.05) is 31.0 Å². The zero-order chi connectivity index (χ0) is 17.4. The summed E-state index contributed by atoms with van der Waals surface area (Å²) in [4.78, 5) is 26.0. The third-order valence-corrected chi connectivity index (χ3v) is 5.30. The van der Waals surface area contributed by atoms with Crippen LogP contribution in [0.3, 0.4) is 0 Å². The van der Waals surface area contributed by atoms with Crippen LogP contribution in [0.2, 0.25) is 0 Å². The SMILES string of the molecule is O=C(O)[C@H]1CN(C(=O)c2ccc(Cn3cccn3)cc2)C[C@@H]1C1CC1. The molecular formula is C19H21N3O3. The summed E-state index contributed by atoms with van der Waals surface area (Å²) >= 11 is 0. The van der Waals surface area contributed by atoms with Gasteiger partial charge >= 0.3 is 5.97 Å². The molecule has 2 atom stereocenters. The van der Waals surface area contributed by atoms with E-state index < -0.39 is 11.9 Å². The summed E-state index contributed by atoms with van der Waals surface area (Å²) in [5.41, 5.74) is 1.69. The molecule has 1 saturated carbocycles. The lowest BCUT2D eigenvalue weighted by Crippen LogP contribution is -2.29. The van der Waals surface area contributed by atoms with Crippen molar-refractivity contribution >= 4 is 11.9 Å². The smallest absolute Gasteiger partial charge is 0.308 e. The van der Waals surface area contributed by atoms with Gasteiger partial charge in [0.2, 0.25) is 0 Å². The first-order valence-electron chi connectivity index (χ1n) is 8.70. The number of hydrogen-bond acceptors (Lipinski definition) is 3. The van der Waals surface area contributed by atoms with E-state index in [9.17, 15) is 14.7 Å². The molecule has 130 valence electrons. The van der Waals surface area contributed by atoms with Crippen LogP contribution in [0.5, 0.6) is 0 Å². The van der Waals surface area contributed by atoms with Crippen LogP contribution < -0.4 is 0 Å². The maximum Gasteiger partial charge on any atom is 0.308 e. The van der Waals surface area contributed by atoms with Crippen molar-refractivity contribution in [2.24, 2.45) is 17.8 Å². The maximum atomic E-state index is 12.7. The number of carbonyl (C=O) groups excluding carboxylic acids is 1. The number of aromatic nitrogens is 2. The van der Waals surface area contributed by atoms with E-state index in [1.807, 2.05) is 41.2 Å². The maximum absolute atomic E-state index is 12.7. The molecule has 0 radical (unpaired) electrons. The average molecular weight is 339 g/mol. The molecular weight excluding hydrogens is 318 g/mol. The first-order chi connectivity index (χ1) is 12.1. The molecule has 0 unspecified atom stereocenters. The Morgan fingerprint density at radius 2 is 1.92 bits per heavy atom. The molecule has 1 amide bonds. The van der Waals surface area contributed by atoms with E-state index >= 15 is 0 Å². The quantitative estimate of drug-likeness (QED) is 0.905. The first kappa shape index (κ1) is 15.9. The molecule has 0 bridgehead atoms. The number of carboxylic acid groups (broad SMARTS) is 1. The van der Waals surface area contributed by atoms with Crippen LogP contribution in [0.15, 0.2) is 42.7 Å². The normalized spacial score (nSPS) is 23.0. The number of aliphatic carboxylic acids is 1. The molecule has 2 aromatic rings. The zero-order valence-electron chi connectivity index (χ0n) is 13.9. The highest BCUT2D eigenvalue weighted by molar-refractivity contribution is 5.95. The Kier molecular flexibility index (Phi) is 4.03. The molecule has 2 aliphatic rings. The van der Waals surface area contributed by atoms with Crippen molar-refractivity contribution in [3.63, 3.8) is 0 Å². The van der Waals surface area contributed by atoms with Crippen LogP contribution in [0.25, 0.3) is 0 Å². The molecule has 25 heavy (non-hydrogen) atoms. The van der Waals surface area contributed by atoms with E-state index in [1.165, 1.54) is 0 Å².